The van der Waals surface area contributed by atoms with Crippen molar-refractivity contribution in [2.75, 3.05) is 20.2 Å². The maximum Gasteiger partial charge on any atom is 0.255 e. The number of carbonyl (C=O) groups is 1. The first-order valence-corrected chi connectivity index (χ1v) is 9.87. The first kappa shape index (κ1) is 20.5. The third kappa shape index (κ3) is 4.10. The number of nitrogens with zero attached hydrogens (tertiary/aromatic N) is 1. The number of methoxy groups -OCH3 is 1. The third-order valence-corrected chi connectivity index (χ3v) is 5.99. The van der Waals surface area contributed by atoms with E-state index in [9.17, 15) is 9.90 Å². The number of phenolic OH excluding ortho intramolecular Hbond substituents is 1. The van der Waals surface area contributed by atoms with Gasteiger partial charge in [-0.25, -0.2) is 0 Å². The third-order valence-electron chi connectivity index (χ3n) is 5.76. The largest absolute Gasteiger partial charge is 0.507 e. The van der Waals surface area contributed by atoms with Crippen LogP contribution in [-0.4, -0.2) is 42.2 Å². The molecule has 1 aliphatic rings. The summed E-state index contributed by atoms with van der Waals surface area (Å²) in [5, 5.41) is 13.4. The van der Waals surface area contributed by atoms with Crippen LogP contribution in [0.4, 0.5) is 0 Å². The molecule has 0 aliphatic carbocycles. The summed E-state index contributed by atoms with van der Waals surface area (Å²) >= 11 is 5.95. The normalized spacial score (nSPS) is 18.1. The molecule has 0 spiro atoms. The van der Waals surface area contributed by atoms with Crippen molar-refractivity contribution in [3.63, 3.8) is 0 Å². The first-order chi connectivity index (χ1) is 13.3. The molecule has 6 heteroatoms. The highest BCUT2D eigenvalue weighted by molar-refractivity contribution is 6.31. The van der Waals surface area contributed by atoms with Crippen LogP contribution in [0.1, 0.15) is 46.4 Å². The molecule has 1 aliphatic heterocycles. The molecule has 2 aromatic carbocycles. The second kappa shape index (κ2) is 8.41. The summed E-state index contributed by atoms with van der Waals surface area (Å²) in [4.78, 5) is 14.9. The molecule has 1 amide bonds. The molecule has 5 nitrogen and oxygen atoms in total. The predicted molar refractivity (Wildman–Crippen MR) is 111 cm³/mol. The van der Waals surface area contributed by atoms with Gasteiger partial charge in [0.25, 0.3) is 5.91 Å². The Bertz CT molecular complexity index is 884. The lowest BCUT2D eigenvalue weighted by Gasteiger charge is -2.27. The zero-order valence-corrected chi connectivity index (χ0v) is 17.5. The zero-order chi connectivity index (χ0) is 20.4. The quantitative estimate of drug-likeness (QED) is 0.785. The van der Waals surface area contributed by atoms with Crippen LogP contribution >= 0.6 is 11.6 Å². The second-order valence-corrected chi connectivity index (χ2v) is 7.83. The van der Waals surface area contributed by atoms with Gasteiger partial charge in [0.15, 0.2) is 0 Å². The molecule has 2 atom stereocenters. The summed E-state index contributed by atoms with van der Waals surface area (Å²) < 4.78 is 5.42. The summed E-state index contributed by atoms with van der Waals surface area (Å²) in [5.74, 6) is 0.548. The SMILES string of the molecule is COc1ccc(C(C)N2CC[C@@H](NC(=O)c3cc(Cl)ccc3O)C2)c(C)c1C. The Labute approximate surface area is 171 Å². The lowest BCUT2D eigenvalue weighted by Crippen LogP contribution is -2.37. The van der Waals surface area contributed by atoms with E-state index >= 15 is 0 Å². The lowest BCUT2D eigenvalue weighted by atomic mass is 9.97. The Morgan fingerprint density at radius 1 is 1.29 bits per heavy atom. The van der Waals surface area contributed by atoms with Crippen molar-refractivity contribution in [1.29, 1.82) is 0 Å². The van der Waals surface area contributed by atoms with E-state index in [4.69, 9.17) is 16.3 Å². The molecule has 2 N–H and O–H groups in total. The molecule has 0 aromatic heterocycles. The van der Waals surface area contributed by atoms with Crippen LogP contribution in [0.2, 0.25) is 5.02 Å². The number of aromatic hydroxyl groups is 1. The topological polar surface area (TPSA) is 61.8 Å². The van der Waals surface area contributed by atoms with Crippen molar-refractivity contribution in [3.8, 4) is 11.5 Å². The fourth-order valence-electron chi connectivity index (χ4n) is 3.90. The van der Waals surface area contributed by atoms with E-state index in [1.54, 1.807) is 13.2 Å². The highest BCUT2D eigenvalue weighted by Gasteiger charge is 2.29. The van der Waals surface area contributed by atoms with Crippen LogP contribution in [0.25, 0.3) is 0 Å². The molecule has 3 rings (SSSR count). The number of hydrogen-bond donors (Lipinski definition) is 2. The van der Waals surface area contributed by atoms with E-state index in [2.05, 4.69) is 37.1 Å². The van der Waals surface area contributed by atoms with Gasteiger partial charge in [0.05, 0.1) is 12.7 Å². The van der Waals surface area contributed by atoms with Crippen molar-refractivity contribution in [2.45, 2.75) is 39.3 Å². The molecule has 1 heterocycles. The standard InChI is InChI=1S/C22H27ClN2O3/c1-13-14(2)21(28-4)8-6-18(13)15(3)25-10-9-17(12-25)24-22(27)19-11-16(23)5-7-20(19)26/h5-8,11,15,17,26H,9-10,12H2,1-4H3,(H,24,27)/t15?,17-/m1/s1. The highest BCUT2D eigenvalue weighted by Crippen LogP contribution is 2.32. The smallest absolute Gasteiger partial charge is 0.255 e. The number of carbonyl (C=O) groups excluding carboxylic acids is 1. The van der Waals surface area contributed by atoms with E-state index < -0.39 is 0 Å². The van der Waals surface area contributed by atoms with Gasteiger partial charge < -0.3 is 15.2 Å². The average Bonchev–Trinajstić information content (AvgIpc) is 3.13. The fourth-order valence-corrected chi connectivity index (χ4v) is 4.07. The number of nitrogens with one attached hydrogen (secondary N) is 1. The Balaban J connectivity index is 1.67. The van der Waals surface area contributed by atoms with E-state index in [0.717, 1.165) is 30.8 Å². The second-order valence-electron chi connectivity index (χ2n) is 7.40. The number of likely N-dealkylation sites (tertiary alicyclic amines) is 1. The number of amides is 1. The maximum absolute atomic E-state index is 12.5. The predicted octanol–water partition coefficient (Wildman–Crippen LogP) is 4.24. The summed E-state index contributed by atoms with van der Waals surface area (Å²) in [5.41, 5.74) is 3.88. The summed E-state index contributed by atoms with van der Waals surface area (Å²) in [7, 11) is 1.69. The monoisotopic (exact) mass is 402 g/mol. The van der Waals surface area contributed by atoms with Crippen molar-refractivity contribution in [3.05, 3.63) is 57.6 Å². The van der Waals surface area contributed by atoms with Gasteiger partial charge in [-0.2, -0.15) is 0 Å². The number of ether oxygens (including phenoxy) is 1. The van der Waals surface area contributed by atoms with Gasteiger partial charge >= 0.3 is 0 Å². The first-order valence-electron chi connectivity index (χ1n) is 9.49. The number of halogens is 1. The van der Waals surface area contributed by atoms with Gasteiger partial charge in [0.1, 0.15) is 11.5 Å². The van der Waals surface area contributed by atoms with Crippen LogP contribution in [-0.2, 0) is 0 Å². The van der Waals surface area contributed by atoms with Gasteiger partial charge in [-0.1, -0.05) is 17.7 Å². The Hall–Kier alpha value is -2.24. The van der Waals surface area contributed by atoms with Gasteiger partial charge in [0, 0.05) is 30.2 Å². The summed E-state index contributed by atoms with van der Waals surface area (Å²) in [6.45, 7) is 8.06. The van der Waals surface area contributed by atoms with Gasteiger partial charge in [0.2, 0.25) is 0 Å². The number of rotatable bonds is 5. The number of hydrogen-bond acceptors (Lipinski definition) is 4. The molecule has 0 bridgehead atoms. The molecular formula is C22H27ClN2O3. The van der Waals surface area contributed by atoms with E-state index in [-0.39, 0.29) is 29.3 Å². The number of benzene rings is 2. The lowest BCUT2D eigenvalue weighted by molar-refractivity contribution is 0.0933. The molecule has 1 saturated heterocycles. The van der Waals surface area contributed by atoms with Gasteiger partial charge in [-0.3, -0.25) is 9.69 Å². The van der Waals surface area contributed by atoms with Crippen molar-refractivity contribution < 1.29 is 14.6 Å². The van der Waals surface area contributed by atoms with Crippen molar-refractivity contribution in [1.82, 2.24) is 10.2 Å². The minimum Gasteiger partial charge on any atom is -0.507 e. The molecule has 0 radical (unpaired) electrons. The van der Waals surface area contributed by atoms with Crippen LogP contribution in [0.5, 0.6) is 11.5 Å². The van der Waals surface area contributed by atoms with Crippen LogP contribution in [0.3, 0.4) is 0 Å². The minimum absolute atomic E-state index is 0.0352. The van der Waals surface area contributed by atoms with E-state index in [1.165, 1.54) is 23.3 Å². The summed E-state index contributed by atoms with van der Waals surface area (Å²) in [6, 6.07) is 8.91. The van der Waals surface area contributed by atoms with Crippen LogP contribution < -0.4 is 10.1 Å². The van der Waals surface area contributed by atoms with Crippen molar-refractivity contribution >= 4 is 17.5 Å². The molecular weight excluding hydrogens is 376 g/mol. The Morgan fingerprint density at radius 2 is 2.04 bits per heavy atom. The zero-order valence-electron chi connectivity index (χ0n) is 16.8. The molecule has 2 aromatic rings. The van der Waals surface area contributed by atoms with Crippen LogP contribution in [0.15, 0.2) is 30.3 Å². The fraction of sp³-hybridized carbons (Fsp3) is 0.409. The molecule has 1 unspecified atom stereocenters. The maximum atomic E-state index is 12.5. The molecule has 0 saturated carbocycles. The molecule has 28 heavy (non-hydrogen) atoms. The van der Waals surface area contributed by atoms with Gasteiger partial charge in [-0.05, 0) is 68.1 Å². The van der Waals surface area contributed by atoms with Crippen LogP contribution in [0, 0.1) is 13.8 Å². The van der Waals surface area contributed by atoms with E-state index in [1.807, 2.05) is 6.07 Å². The average molecular weight is 403 g/mol. The Kier molecular flexibility index (Phi) is 6.16. The van der Waals surface area contributed by atoms with E-state index in [0.29, 0.717) is 5.02 Å². The van der Waals surface area contributed by atoms with Crippen molar-refractivity contribution in [2.24, 2.45) is 0 Å². The number of phenols is 1. The molecule has 150 valence electrons. The Morgan fingerprint density at radius 3 is 2.75 bits per heavy atom. The summed E-state index contributed by atoms with van der Waals surface area (Å²) in [6.07, 6.45) is 0.867. The van der Waals surface area contributed by atoms with Gasteiger partial charge in [-0.15, -0.1) is 0 Å². The molecule has 1 fully saturated rings. The minimum atomic E-state index is -0.295. The highest BCUT2D eigenvalue weighted by atomic mass is 35.5.